The molecule has 0 aliphatic carbocycles. The Kier molecular flexibility index (Phi) is 7.93. The van der Waals surface area contributed by atoms with E-state index in [2.05, 4.69) is 21.2 Å². The zero-order valence-corrected chi connectivity index (χ0v) is 19.8. The lowest BCUT2D eigenvalue weighted by atomic mass is 10.1. The minimum atomic E-state index is -0.499. The van der Waals surface area contributed by atoms with Crippen LogP contribution in [-0.2, 0) is 11.4 Å². The average Bonchev–Trinajstić information content (AvgIpc) is 2.79. The van der Waals surface area contributed by atoms with E-state index < -0.39 is 5.91 Å². The number of halogens is 2. The van der Waals surface area contributed by atoms with Crippen molar-refractivity contribution in [2.24, 2.45) is 0 Å². The number of hydrogen-bond acceptors (Lipinski definition) is 4. The number of nitrogens with one attached hydrogen (secondary N) is 1. The second-order valence-corrected chi connectivity index (χ2v) is 8.16. The van der Waals surface area contributed by atoms with Crippen LogP contribution in [0.3, 0.4) is 0 Å². The fourth-order valence-electron chi connectivity index (χ4n) is 2.84. The highest BCUT2D eigenvalue weighted by atomic mass is 79.9. The maximum atomic E-state index is 12.6. The van der Waals surface area contributed by atoms with Crippen molar-refractivity contribution in [1.82, 2.24) is 0 Å². The minimum absolute atomic E-state index is 0.0435. The molecule has 0 aliphatic heterocycles. The largest absolute Gasteiger partial charge is 0.493 e. The molecule has 7 heteroatoms. The number of aryl methyl sites for hydroxylation is 1. The van der Waals surface area contributed by atoms with Crippen LogP contribution >= 0.6 is 27.5 Å². The number of anilines is 1. The van der Waals surface area contributed by atoms with Crippen LogP contribution in [0.1, 0.15) is 16.7 Å². The van der Waals surface area contributed by atoms with Gasteiger partial charge in [0.1, 0.15) is 18.2 Å². The number of ether oxygens (including phenoxy) is 2. The van der Waals surface area contributed by atoms with E-state index in [-0.39, 0.29) is 12.2 Å². The van der Waals surface area contributed by atoms with Gasteiger partial charge in [0.15, 0.2) is 11.5 Å². The number of carbonyl (C=O) groups excluding carboxylic acids is 1. The Bertz CT molecular complexity index is 1200. The molecule has 0 saturated carbocycles. The van der Waals surface area contributed by atoms with Gasteiger partial charge in [0.2, 0.25) is 0 Å². The highest BCUT2D eigenvalue weighted by molar-refractivity contribution is 9.10. The Morgan fingerprint density at radius 3 is 2.53 bits per heavy atom. The molecule has 0 spiro atoms. The van der Waals surface area contributed by atoms with Crippen LogP contribution in [0.4, 0.5) is 5.69 Å². The Balaban J connectivity index is 1.82. The molecule has 0 aromatic heterocycles. The average molecular weight is 512 g/mol. The summed E-state index contributed by atoms with van der Waals surface area (Å²) in [5.41, 5.74) is 3.09. The Morgan fingerprint density at radius 2 is 1.88 bits per heavy atom. The molecule has 0 atom stereocenters. The van der Waals surface area contributed by atoms with Gasteiger partial charge in [-0.3, -0.25) is 4.79 Å². The van der Waals surface area contributed by atoms with E-state index in [9.17, 15) is 10.1 Å². The molecule has 3 rings (SSSR count). The van der Waals surface area contributed by atoms with Gasteiger partial charge in [0.05, 0.1) is 7.11 Å². The SMILES string of the molecule is COc1cc(/C=C(\C#N)C(=O)Nc2ccc(C)cc2)c(Br)cc1OCc1ccccc1Cl. The first-order valence-electron chi connectivity index (χ1n) is 9.65. The second kappa shape index (κ2) is 10.9. The van der Waals surface area contributed by atoms with E-state index >= 15 is 0 Å². The molecule has 162 valence electrons. The molecule has 0 aliphatic rings. The van der Waals surface area contributed by atoms with Crippen LogP contribution in [0.2, 0.25) is 5.02 Å². The molecule has 0 saturated heterocycles. The Labute approximate surface area is 200 Å². The van der Waals surface area contributed by atoms with Gasteiger partial charge in [-0.25, -0.2) is 0 Å². The van der Waals surface area contributed by atoms with Crippen LogP contribution in [0.5, 0.6) is 11.5 Å². The van der Waals surface area contributed by atoms with Crippen LogP contribution in [0.25, 0.3) is 6.08 Å². The van der Waals surface area contributed by atoms with Crippen molar-refractivity contribution in [3.8, 4) is 17.6 Å². The standard InChI is InChI=1S/C25H20BrClN2O3/c1-16-7-9-20(10-8-16)29-25(30)19(14-28)11-18-12-23(31-2)24(13-21(18)26)32-15-17-5-3-4-6-22(17)27/h3-13H,15H2,1-2H3,(H,29,30)/b19-11+. The molecular formula is C25H20BrClN2O3. The van der Waals surface area contributed by atoms with Crippen molar-refractivity contribution in [3.63, 3.8) is 0 Å². The number of nitriles is 1. The second-order valence-electron chi connectivity index (χ2n) is 6.89. The summed E-state index contributed by atoms with van der Waals surface area (Å²) in [7, 11) is 1.52. The third-order valence-corrected chi connectivity index (χ3v) is 5.65. The number of methoxy groups -OCH3 is 1. The summed E-state index contributed by atoms with van der Waals surface area (Å²) in [5, 5.41) is 12.9. The highest BCUT2D eigenvalue weighted by Crippen LogP contribution is 2.35. The highest BCUT2D eigenvalue weighted by Gasteiger charge is 2.14. The molecule has 3 aromatic rings. The van der Waals surface area contributed by atoms with Crippen molar-refractivity contribution in [2.75, 3.05) is 12.4 Å². The summed E-state index contributed by atoms with van der Waals surface area (Å²) in [6, 6.07) is 20.1. The van der Waals surface area contributed by atoms with Crippen LogP contribution in [0, 0.1) is 18.3 Å². The van der Waals surface area contributed by atoms with Gasteiger partial charge in [-0.05, 0) is 48.9 Å². The van der Waals surface area contributed by atoms with Gasteiger partial charge >= 0.3 is 0 Å². The van der Waals surface area contributed by atoms with Gasteiger partial charge in [0.25, 0.3) is 5.91 Å². The van der Waals surface area contributed by atoms with Gasteiger partial charge < -0.3 is 14.8 Å². The summed E-state index contributed by atoms with van der Waals surface area (Å²) < 4.78 is 12.0. The number of carbonyl (C=O) groups is 1. The maximum absolute atomic E-state index is 12.6. The molecule has 1 N–H and O–H groups in total. The monoisotopic (exact) mass is 510 g/mol. The third kappa shape index (κ3) is 5.91. The Hall–Kier alpha value is -3.27. The molecule has 0 heterocycles. The quantitative estimate of drug-likeness (QED) is 0.289. The lowest BCUT2D eigenvalue weighted by Crippen LogP contribution is -2.13. The molecule has 3 aromatic carbocycles. The fourth-order valence-corrected chi connectivity index (χ4v) is 3.47. The molecule has 5 nitrogen and oxygen atoms in total. The first-order chi connectivity index (χ1) is 15.4. The molecule has 1 amide bonds. The lowest BCUT2D eigenvalue weighted by Gasteiger charge is -2.14. The summed E-state index contributed by atoms with van der Waals surface area (Å²) in [6.45, 7) is 2.22. The van der Waals surface area contributed by atoms with E-state index in [0.29, 0.717) is 32.2 Å². The number of benzene rings is 3. The van der Waals surface area contributed by atoms with Crippen molar-refractivity contribution in [3.05, 3.63) is 92.4 Å². The number of rotatable bonds is 7. The van der Waals surface area contributed by atoms with Crippen molar-refractivity contribution < 1.29 is 14.3 Å². The van der Waals surface area contributed by atoms with Crippen molar-refractivity contribution in [2.45, 2.75) is 13.5 Å². The molecule has 0 bridgehead atoms. The normalized spacial score (nSPS) is 10.9. The first kappa shape index (κ1) is 23.4. The Morgan fingerprint density at radius 1 is 1.16 bits per heavy atom. The maximum Gasteiger partial charge on any atom is 0.266 e. The van der Waals surface area contributed by atoms with E-state index in [4.69, 9.17) is 21.1 Å². The molecule has 0 fully saturated rings. The smallest absolute Gasteiger partial charge is 0.266 e. The van der Waals surface area contributed by atoms with Crippen molar-refractivity contribution in [1.29, 1.82) is 5.26 Å². The number of nitrogens with zero attached hydrogens (tertiary/aromatic N) is 1. The van der Waals surface area contributed by atoms with E-state index in [1.807, 2.05) is 43.3 Å². The van der Waals surface area contributed by atoms with Crippen LogP contribution in [0.15, 0.2) is 70.7 Å². The summed E-state index contributed by atoms with van der Waals surface area (Å²) >= 11 is 9.68. The summed E-state index contributed by atoms with van der Waals surface area (Å²) in [6.07, 6.45) is 1.49. The lowest BCUT2D eigenvalue weighted by molar-refractivity contribution is -0.112. The van der Waals surface area contributed by atoms with Gasteiger partial charge in [0, 0.05) is 20.7 Å². The van der Waals surface area contributed by atoms with Gasteiger partial charge in [-0.15, -0.1) is 0 Å². The minimum Gasteiger partial charge on any atom is -0.493 e. The van der Waals surface area contributed by atoms with E-state index in [0.717, 1.165) is 11.1 Å². The van der Waals surface area contributed by atoms with Gasteiger partial charge in [-0.2, -0.15) is 5.26 Å². The van der Waals surface area contributed by atoms with Crippen LogP contribution in [-0.4, -0.2) is 13.0 Å². The molecule has 0 radical (unpaired) electrons. The predicted octanol–water partition coefficient (Wildman–Crippen LogP) is 6.54. The predicted molar refractivity (Wildman–Crippen MR) is 130 cm³/mol. The molecular weight excluding hydrogens is 492 g/mol. The number of amides is 1. The topological polar surface area (TPSA) is 71.3 Å². The van der Waals surface area contributed by atoms with Crippen LogP contribution < -0.4 is 14.8 Å². The summed E-state index contributed by atoms with van der Waals surface area (Å²) in [4.78, 5) is 12.6. The van der Waals surface area contributed by atoms with Crippen molar-refractivity contribution >= 4 is 45.2 Å². The zero-order valence-electron chi connectivity index (χ0n) is 17.5. The zero-order chi connectivity index (χ0) is 23.1. The third-order valence-electron chi connectivity index (χ3n) is 4.60. The van der Waals surface area contributed by atoms with Gasteiger partial charge in [-0.1, -0.05) is 63.4 Å². The fraction of sp³-hybridized carbons (Fsp3) is 0.120. The first-order valence-corrected chi connectivity index (χ1v) is 10.8. The number of hydrogen-bond donors (Lipinski definition) is 1. The summed E-state index contributed by atoms with van der Waals surface area (Å²) in [5.74, 6) is 0.461. The van der Waals surface area contributed by atoms with E-state index in [1.54, 1.807) is 30.3 Å². The van der Waals surface area contributed by atoms with E-state index in [1.165, 1.54) is 13.2 Å². The molecule has 32 heavy (non-hydrogen) atoms. The molecule has 0 unspecified atom stereocenters.